The van der Waals surface area contributed by atoms with Gasteiger partial charge in [0.1, 0.15) is 18.1 Å². The first-order valence-corrected chi connectivity index (χ1v) is 9.78. The van der Waals surface area contributed by atoms with E-state index in [-0.39, 0.29) is 11.8 Å². The third-order valence-corrected chi connectivity index (χ3v) is 4.71. The Balaban J connectivity index is 1.73. The number of rotatable bonds is 5. The van der Waals surface area contributed by atoms with Crippen LogP contribution in [0.15, 0.2) is 42.5 Å². The van der Waals surface area contributed by atoms with Gasteiger partial charge in [-0.05, 0) is 38.1 Å². The SMILES string of the molecule is Cc1ccc(OCCN2C(=O)C(C)Oc3cc(NC(=O)C(C)(C)C)ccc32)cc1. The second kappa shape index (κ2) is 8.15. The first-order valence-electron chi connectivity index (χ1n) is 9.78. The van der Waals surface area contributed by atoms with Crippen LogP contribution in [0, 0.1) is 12.3 Å². The molecule has 1 aliphatic rings. The van der Waals surface area contributed by atoms with Gasteiger partial charge in [-0.1, -0.05) is 38.5 Å². The number of anilines is 2. The minimum atomic E-state index is -0.601. The van der Waals surface area contributed by atoms with E-state index in [1.54, 1.807) is 30.0 Å². The smallest absolute Gasteiger partial charge is 0.267 e. The summed E-state index contributed by atoms with van der Waals surface area (Å²) in [6.07, 6.45) is -0.601. The van der Waals surface area contributed by atoms with E-state index in [0.717, 1.165) is 11.3 Å². The fraction of sp³-hybridized carbons (Fsp3) is 0.391. The zero-order valence-electron chi connectivity index (χ0n) is 17.6. The van der Waals surface area contributed by atoms with E-state index in [0.29, 0.717) is 30.3 Å². The van der Waals surface area contributed by atoms with Crippen molar-refractivity contribution in [2.75, 3.05) is 23.4 Å². The third-order valence-electron chi connectivity index (χ3n) is 4.71. The average molecular weight is 396 g/mol. The van der Waals surface area contributed by atoms with Gasteiger partial charge in [-0.25, -0.2) is 0 Å². The number of nitrogens with one attached hydrogen (secondary N) is 1. The molecule has 1 N–H and O–H groups in total. The van der Waals surface area contributed by atoms with E-state index >= 15 is 0 Å². The molecule has 1 heterocycles. The van der Waals surface area contributed by atoms with Crippen LogP contribution in [-0.4, -0.2) is 31.1 Å². The van der Waals surface area contributed by atoms with Crippen LogP contribution in [0.3, 0.4) is 0 Å². The average Bonchev–Trinajstić information content (AvgIpc) is 2.65. The predicted octanol–water partition coefficient (Wildman–Crippen LogP) is 4.17. The largest absolute Gasteiger partial charge is 0.492 e. The number of carbonyl (C=O) groups is 2. The van der Waals surface area contributed by atoms with E-state index in [9.17, 15) is 9.59 Å². The van der Waals surface area contributed by atoms with Crippen LogP contribution in [0.5, 0.6) is 11.5 Å². The lowest BCUT2D eigenvalue weighted by Crippen LogP contribution is -2.46. The van der Waals surface area contributed by atoms with Crippen molar-refractivity contribution < 1.29 is 19.1 Å². The van der Waals surface area contributed by atoms with Crippen molar-refractivity contribution in [3.05, 3.63) is 48.0 Å². The molecule has 0 saturated carbocycles. The van der Waals surface area contributed by atoms with Crippen molar-refractivity contribution in [1.82, 2.24) is 0 Å². The normalized spacial score (nSPS) is 16.1. The maximum absolute atomic E-state index is 12.6. The first-order chi connectivity index (χ1) is 13.6. The van der Waals surface area contributed by atoms with Crippen molar-refractivity contribution in [3.63, 3.8) is 0 Å². The fourth-order valence-corrected chi connectivity index (χ4v) is 2.93. The molecular formula is C23H28N2O4. The molecule has 2 aromatic carbocycles. The number of hydrogen-bond acceptors (Lipinski definition) is 4. The molecule has 2 aromatic rings. The molecule has 1 unspecified atom stereocenters. The summed E-state index contributed by atoms with van der Waals surface area (Å²) in [6.45, 7) is 10.1. The van der Waals surface area contributed by atoms with Crippen molar-refractivity contribution in [3.8, 4) is 11.5 Å². The molecule has 0 saturated heterocycles. The number of benzene rings is 2. The van der Waals surface area contributed by atoms with Crippen LogP contribution in [0.1, 0.15) is 33.3 Å². The molecule has 3 rings (SSSR count). The molecule has 29 heavy (non-hydrogen) atoms. The molecule has 6 heteroatoms. The Morgan fingerprint density at radius 1 is 1.17 bits per heavy atom. The van der Waals surface area contributed by atoms with Gasteiger partial charge in [0.15, 0.2) is 6.10 Å². The lowest BCUT2D eigenvalue weighted by Gasteiger charge is -2.33. The molecule has 0 radical (unpaired) electrons. The standard InChI is InChI=1S/C23H28N2O4/c1-15-6-9-18(10-7-15)28-13-12-25-19-11-8-17(24-22(27)23(3,4)5)14-20(19)29-16(2)21(25)26/h6-11,14,16H,12-13H2,1-5H3,(H,24,27). The summed E-state index contributed by atoms with van der Waals surface area (Å²) in [5, 5.41) is 2.89. The molecule has 0 aromatic heterocycles. The highest BCUT2D eigenvalue weighted by Gasteiger charge is 2.32. The summed E-state index contributed by atoms with van der Waals surface area (Å²) in [5.74, 6) is 1.14. The van der Waals surface area contributed by atoms with Crippen LogP contribution < -0.4 is 19.7 Å². The highest BCUT2D eigenvalue weighted by atomic mass is 16.5. The number of fused-ring (bicyclic) bond motifs is 1. The zero-order valence-corrected chi connectivity index (χ0v) is 17.6. The van der Waals surface area contributed by atoms with Gasteiger partial charge in [0.2, 0.25) is 5.91 Å². The lowest BCUT2D eigenvalue weighted by atomic mass is 9.95. The Morgan fingerprint density at radius 3 is 2.52 bits per heavy atom. The number of aryl methyl sites for hydroxylation is 1. The number of nitrogens with zero attached hydrogens (tertiary/aromatic N) is 1. The molecule has 0 fully saturated rings. The highest BCUT2D eigenvalue weighted by Crippen LogP contribution is 2.36. The molecule has 0 bridgehead atoms. The quantitative estimate of drug-likeness (QED) is 0.824. The number of hydrogen-bond donors (Lipinski definition) is 1. The zero-order chi connectivity index (χ0) is 21.2. The Hall–Kier alpha value is -3.02. The van der Waals surface area contributed by atoms with Crippen LogP contribution in [-0.2, 0) is 9.59 Å². The summed E-state index contributed by atoms with van der Waals surface area (Å²) in [7, 11) is 0. The molecule has 6 nitrogen and oxygen atoms in total. The minimum absolute atomic E-state index is 0.0826. The van der Waals surface area contributed by atoms with Gasteiger partial charge in [-0.15, -0.1) is 0 Å². The molecule has 154 valence electrons. The Morgan fingerprint density at radius 2 is 1.86 bits per heavy atom. The Bertz CT molecular complexity index is 900. The third kappa shape index (κ3) is 4.88. The van der Waals surface area contributed by atoms with E-state index in [4.69, 9.17) is 9.47 Å². The van der Waals surface area contributed by atoms with Crippen molar-refractivity contribution >= 4 is 23.2 Å². The second-order valence-electron chi connectivity index (χ2n) is 8.30. The summed E-state index contributed by atoms with van der Waals surface area (Å²) in [5.41, 5.74) is 1.98. The monoisotopic (exact) mass is 396 g/mol. The highest BCUT2D eigenvalue weighted by molar-refractivity contribution is 6.01. The van der Waals surface area contributed by atoms with Gasteiger partial charge in [0.05, 0.1) is 12.2 Å². The summed E-state index contributed by atoms with van der Waals surface area (Å²) >= 11 is 0. The maximum atomic E-state index is 12.6. The van der Waals surface area contributed by atoms with Gasteiger partial charge < -0.3 is 19.7 Å². The van der Waals surface area contributed by atoms with Gasteiger partial charge in [0, 0.05) is 17.2 Å². The van der Waals surface area contributed by atoms with Gasteiger partial charge >= 0.3 is 0 Å². The lowest BCUT2D eigenvalue weighted by molar-refractivity contribution is -0.125. The molecular weight excluding hydrogens is 368 g/mol. The van der Waals surface area contributed by atoms with Crippen molar-refractivity contribution in [1.29, 1.82) is 0 Å². The topological polar surface area (TPSA) is 67.9 Å². The number of carbonyl (C=O) groups excluding carboxylic acids is 2. The summed E-state index contributed by atoms with van der Waals surface area (Å²) < 4.78 is 11.6. The van der Waals surface area contributed by atoms with Gasteiger partial charge in [-0.3, -0.25) is 9.59 Å². The Kier molecular flexibility index (Phi) is 5.82. The minimum Gasteiger partial charge on any atom is -0.492 e. The number of amides is 2. The van der Waals surface area contributed by atoms with Gasteiger partial charge in [0.25, 0.3) is 5.91 Å². The van der Waals surface area contributed by atoms with Crippen LogP contribution in [0.2, 0.25) is 0 Å². The molecule has 2 amide bonds. The summed E-state index contributed by atoms with van der Waals surface area (Å²) in [4.78, 5) is 26.6. The van der Waals surface area contributed by atoms with Crippen molar-refractivity contribution in [2.45, 2.75) is 40.7 Å². The molecule has 0 spiro atoms. The molecule has 1 aliphatic heterocycles. The first kappa shape index (κ1) is 20.7. The fourth-order valence-electron chi connectivity index (χ4n) is 2.93. The van der Waals surface area contributed by atoms with Crippen molar-refractivity contribution in [2.24, 2.45) is 5.41 Å². The van der Waals surface area contributed by atoms with Crippen LogP contribution in [0.25, 0.3) is 0 Å². The molecule has 1 atom stereocenters. The second-order valence-corrected chi connectivity index (χ2v) is 8.30. The van der Waals surface area contributed by atoms with Crippen LogP contribution in [0.4, 0.5) is 11.4 Å². The number of ether oxygens (including phenoxy) is 2. The van der Waals surface area contributed by atoms with E-state index in [1.807, 2.05) is 52.0 Å². The van der Waals surface area contributed by atoms with E-state index < -0.39 is 11.5 Å². The predicted molar refractivity (Wildman–Crippen MR) is 114 cm³/mol. The maximum Gasteiger partial charge on any atom is 0.267 e. The molecule has 0 aliphatic carbocycles. The van der Waals surface area contributed by atoms with E-state index in [2.05, 4.69) is 5.32 Å². The summed E-state index contributed by atoms with van der Waals surface area (Å²) in [6, 6.07) is 13.1. The van der Waals surface area contributed by atoms with Crippen LogP contribution >= 0.6 is 0 Å². The Labute approximate surface area is 171 Å². The van der Waals surface area contributed by atoms with E-state index in [1.165, 1.54) is 0 Å². The van der Waals surface area contributed by atoms with Gasteiger partial charge in [-0.2, -0.15) is 0 Å².